The van der Waals surface area contributed by atoms with Crippen LogP contribution in [-0.2, 0) is 12.6 Å². The molecule has 1 aromatic heterocycles. The van der Waals surface area contributed by atoms with Gasteiger partial charge in [-0.2, -0.15) is 18.3 Å². The van der Waals surface area contributed by atoms with Crippen molar-refractivity contribution in [3.63, 3.8) is 0 Å². The van der Waals surface area contributed by atoms with Crippen LogP contribution in [0.4, 0.5) is 17.6 Å². The van der Waals surface area contributed by atoms with Crippen molar-refractivity contribution in [2.24, 2.45) is 0 Å². The molecule has 2 rings (SSSR count). The minimum atomic E-state index is -4.52. The molecule has 0 spiro atoms. The Balaban J connectivity index is 2.42. The number of aromatic amines is 1. The molecule has 1 aromatic carbocycles. The molecule has 0 amide bonds. The first-order valence-electron chi connectivity index (χ1n) is 5.70. The van der Waals surface area contributed by atoms with Crippen LogP contribution in [0.5, 0.6) is 0 Å². The molecule has 102 valence electrons. The third-order valence-corrected chi connectivity index (χ3v) is 2.55. The molecule has 0 aliphatic carbocycles. The van der Waals surface area contributed by atoms with Gasteiger partial charge in [0.2, 0.25) is 0 Å². The maximum absolute atomic E-state index is 13.6. The molecule has 19 heavy (non-hydrogen) atoms. The Morgan fingerprint density at radius 1 is 1.26 bits per heavy atom. The summed E-state index contributed by atoms with van der Waals surface area (Å²) < 4.78 is 51.3. The van der Waals surface area contributed by atoms with Gasteiger partial charge >= 0.3 is 6.18 Å². The highest BCUT2D eigenvalue weighted by molar-refractivity contribution is 5.57. The van der Waals surface area contributed by atoms with E-state index >= 15 is 0 Å². The first kappa shape index (κ1) is 13.5. The van der Waals surface area contributed by atoms with E-state index in [0.717, 1.165) is 12.5 Å². The molecule has 0 saturated carbocycles. The van der Waals surface area contributed by atoms with Gasteiger partial charge < -0.3 is 0 Å². The van der Waals surface area contributed by atoms with Gasteiger partial charge in [-0.05, 0) is 24.6 Å². The summed E-state index contributed by atoms with van der Waals surface area (Å²) in [6.45, 7) is 1.92. The third kappa shape index (κ3) is 2.91. The Hall–Kier alpha value is -1.92. The van der Waals surface area contributed by atoms with Crippen molar-refractivity contribution in [3.05, 3.63) is 35.4 Å². The Morgan fingerprint density at radius 2 is 2.00 bits per heavy atom. The molecular formula is C12H11F4N3. The first-order chi connectivity index (χ1) is 8.91. The van der Waals surface area contributed by atoms with E-state index in [9.17, 15) is 17.6 Å². The van der Waals surface area contributed by atoms with Gasteiger partial charge in [-0.3, -0.25) is 5.10 Å². The van der Waals surface area contributed by atoms with Crippen LogP contribution in [0, 0.1) is 5.82 Å². The molecule has 0 aliphatic heterocycles. The summed E-state index contributed by atoms with van der Waals surface area (Å²) in [6.07, 6.45) is -3.11. The highest BCUT2D eigenvalue weighted by atomic mass is 19.4. The van der Waals surface area contributed by atoms with E-state index in [1.54, 1.807) is 0 Å². The van der Waals surface area contributed by atoms with Crippen molar-refractivity contribution in [3.8, 4) is 11.4 Å². The zero-order chi connectivity index (χ0) is 14.0. The van der Waals surface area contributed by atoms with Crippen LogP contribution in [-0.4, -0.2) is 15.2 Å². The molecule has 0 aliphatic rings. The van der Waals surface area contributed by atoms with Crippen LogP contribution in [0.15, 0.2) is 18.2 Å². The van der Waals surface area contributed by atoms with Crippen molar-refractivity contribution in [1.82, 2.24) is 15.2 Å². The maximum Gasteiger partial charge on any atom is 0.416 e. The van der Waals surface area contributed by atoms with Crippen molar-refractivity contribution in [2.45, 2.75) is 25.9 Å². The smallest absolute Gasteiger partial charge is 0.263 e. The molecule has 0 saturated heterocycles. The van der Waals surface area contributed by atoms with Crippen molar-refractivity contribution < 1.29 is 17.6 Å². The van der Waals surface area contributed by atoms with Gasteiger partial charge in [-0.15, -0.1) is 0 Å². The summed E-state index contributed by atoms with van der Waals surface area (Å²) >= 11 is 0. The Bertz CT molecular complexity index is 575. The fraction of sp³-hybridized carbons (Fsp3) is 0.333. The minimum Gasteiger partial charge on any atom is -0.263 e. The van der Waals surface area contributed by atoms with Gasteiger partial charge in [0.05, 0.1) is 11.1 Å². The van der Waals surface area contributed by atoms with Gasteiger partial charge in [0, 0.05) is 6.42 Å². The number of alkyl halides is 3. The van der Waals surface area contributed by atoms with Crippen LogP contribution >= 0.6 is 0 Å². The number of rotatable bonds is 3. The van der Waals surface area contributed by atoms with E-state index in [1.165, 1.54) is 0 Å². The summed E-state index contributed by atoms with van der Waals surface area (Å²) in [4.78, 5) is 3.98. The monoisotopic (exact) mass is 273 g/mol. The van der Waals surface area contributed by atoms with Gasteiger partial charge in [-0.1, -0.05) is 6.92 Å². The molecule has 1 N–H and O–H groups in total. The van der Waals surface area contributed by atoms with Crippen LogP contribution in [0.25, 0.3) is 11.4 Å². The number of aryl methyl sites for hydroxylation is 1. The van der Waals surface area contributed by atoms with Crippen molar-refractivity contribution in [2.75, 3.05) is 0 Å². The fourth-order valence-electron chi connectivity index (χ4n) is 1.64. The van der Waals surface area contributed by atoms with E-state index in [-0.39, 0.29) is 11.4 Å². The quantitative estimate of drug-likeness (QED) is 0.868. The molecule has 0 unspecified atom stereocenters. The predicted octanol–water partition coefficient (Wildman–Crippen LogP) is 3.58. The second-order valence-electron chi connectivity index (χ2n) is 4.05. The van der Waals surface area contributed by atoms with Crippen LogP contribution < -0.4 is 0 Å². The highest BCUT2D eigenvalue weighted by Gasteiger charge is 2.31. The summed E-state index contributed by atoms with van der Waals surface area (Å²) in [5, 5.41) is 6.33. The zero-order valence-corrected chi connectivity index (χ0v) is 10.1. The largest absolute Gasteiger partial charge is 0.416 e. The average molecular weight is 273 g/mol. The Morgan fingerprint density at radius 3 is 2.63 bits per heavy atom. The van der Waals surface area contributed by atoms with E-state index in [2.05, 4.69) is 15.2 Å². The second kappa shape index (κ2) is 4.99. The molecule has 7 heteroatoms. The standard InChI is InChI=1S/C12H11F4N3/c1-2-3-10-17-11(19-18-10)8-6-7(12(14,15)16)4-5-9(8)13/h4-6H,2-3H2,1H3,(H,17,18,19). The summed E-state index contributed by atoms with van der Waals surface area (Å²) in [5.41, 5.74) is -1.18. The lowest BCUT2D eigenvalue weighted by Crippen LogP contribution is -2.05. The number of hydrogen-bond donors (Lipinski definition) is 1. The summed E-state index contributed by atoms with van der Waals surface area (Å²) in [5.74, 6) is -0.323. The lowest BCUT2D eigenvalue weighted by atomic mass is 10.1. The number of H-pyrrole nitrogens is 1. The molecule has 2 aromatic rings. The summed E-state index contributed by atoms with van der Waals surface area (Å²) in [6, 6.07) is 2.18. The third-order valence-electron chi connectivity index (χ3n) is 2.55. The van der Waals surface area contributed by atoms with Gasteiger partial charge in [0.1, 0.15) is 11.6 Å². The SMILES string of the molecule is CCCc1nc(-c2cc(C(F)(F)F)ccc2F)n[nH]1. The Labute approximate surface area is 106 Å². The van der Waals surface area contributed by atoms with Gasteiger partial charge in [0.15, 0.2) is 5.82 Å². The molecule has 0 radical (unpaired) electrons. The normalized spacial score (nSPS) is 11.8. The minimum absolute atomic E-state index is 0.0629. The van der Waals surface area contributed by atoms with Crippen LogP contribution in [0.3, 0.4) is 0 Å². The number of nitrogens with one attached hydrogen (secondary N) is 1. The number of aromatic nitrogens is 3. The molecule has 1 heterocycles. The zero-order valence-electron chi connectivity index (χ0n) is 10.1. The lowest BCUT2D eigenvalue weighted by Gasteiger charge is -2.07. The molecule has 3 nitrogen and oxygen atoms in total. The number of nitrogens with zero attached hydrogens (tertiary/aromatic N) is 2. The molecule has 0 fully saturated rings. The van der Waals surface area contributed by atoms with Crippen LogP contribution in [0.1, 0.15) is 24.7 Å². The first-order valence-corrected chi connectivity index (χ1v) is 5.70. The fourth-order valence-corrected chi connectivity index (χ4v) is 1.64. The lowest BCUT2D eigenvalue weighted by molar-refractivity contribution is -0.137. The topological polar surface area (TPSA) is 41.6 Å². The average Bonchev–Trinajstić information content (AvgIpc) is 2.77. The van der Waals surface area contributed by atoms with E-state index < -0.39 is 17.6 Å². The van der Waals surface area contributed by atoms with Crippen LogP contribution in [0.2, 0.25) is 0 Å². The van der Waals surface area contributed by atoms with E-state index in [4.69, 9.17) is 0 Å². The van der Waals surface area contributed by atoms with E-state index in [1.807, 2.05) is 6.92 Å². The van der Waals surface area contributed by atoms with E-state index in [0.29, 0.717) is 24.4 Å². The second-order valence-corrected chi connectivity index (χ2v) is 4.05. The van der Waals surface area contributed by atoms with Crippen molar-refractivity contribution >= 4 is 0 Å². The number of hydrogen-bond acceptors (Lipinski definition) is 2. The highest BCUT2D eigenvalue weighted by Crippen LogP contribution is 2.32. The molecule has 0 atom stereocenters. The van der Waals surface area contributed by atoms with Crippen molar-refractivity contribution in [1.29, 1.82) is 0 Å². The van der Waals surface area contributed by atoms with Gasteiger partial charge in [0.25, 0.3) is 0 Å². The summed E-state index contributed by atoms with van der Waals surface area (Å²) in [7, 11) is 0. The predicted molar refractivity (Wildman–Crippen MR) is 60.8 cm³/mol. The molecular weight excluding hydrogens is 262 g/mol. The number of halogens is 4. The Kier molecular flexibility index (Phi) is 3.55. The maximum atomic E-state index is 13.6. The number of benzene rings is 1. The molecule has 0 bridgehead atoms. The van der Waals surface area contributed by atoms with Gasteiger partial charge in [-0.25, -0.2) is 9.37 Å².